The first-order valence-electron chi connectivity index (χ1n) is 23.8. The van der Waals surface area contributed by atoms with E-state index in [9.17, 15) is 33.9 Å². The van der Waals surface area contributed by atoms with Crippen LogP contribution < -0.4 is 20.7 Å². The summed E-state index contributed by atoms with van der Waals surface area (Å²) >= 11 is 38.9. The lowest BCUT2D eigenvalue weighted by atomic mass is 10.2. The smallest absolute Gasteiger partial charge is 0.308 e. The average Bonchev–Trinajstić information content (AvgIpc) is 4.17. The van der Waals surface area contributed by atoms with E-state index >= 15 is 0 Å². The Labute approximate surface area is 521 Å². The predicted molar refractivity (Wildman–Crippen MR) is 315 cm³/mol. The lowest BCUT2D eigenvalue weighted by Gasteiger charge is -2.08. The number of aryl methyl sites for hydroxylation is 3. The highest BCUT2D eigenvalue weighted by Gasteiger charge is 2.22. The van der Waals surface area contributed by atoms with Crippen LogP contribution in [0.25, 0.3) is 17.5 Å². The maximum absolute atomic E-state index is 11.0. The lowest BCUT2D eigenvalue weighted by molar-refractivity contribution is -0.157. The minimum atomic E-state index is -1.22. The molecule has 0 aliphatic carbocycles. The lowest BCUT2D eigenvalue weighted by Crippen LogP contribution is -2.30. The molecule has 0 aliphatic rings. The van der Waals surface area contributed by atoms with Crippen molar-refractivity contribution in [1.82, 2.24) is 79.2 Å². The molecule has 8 rings (SSSR count). The average molecular weight is 1320 g/mol. The molecule has 0 bridgehead atoms. The van der Waals surface area contributed by atoms with Crippen LogP contribution in [0.2, 0.25) is 30.9 Å². The van der Waals surface area contributed by atoms with Crippen molar-refractivity contribution in [3.05, 3.63) is 127 Å². The summed E-state index contributed by atoms with van der Waals surface area (Å²) in [6, 6.07) is 7.82. The number of ether oxygens (including phenoxy) is 3. The van der Waals surface area contributed by atoms with Gasteiger partial charge in [0.1, 0.15) is 90.8 Å². The number of nitrogens with two attached hydrogens (primary N) is 1. The van der Waals surface area contributed by atoms with Crippen molar-refractivity contribution in [2.75, 3.05) is 12.5 Å². The highest BCUT2D eigenvalue weighted by Crippen LogP contribution is 2.27. The molecule has 0 radical (unpaired) electrons. The quantitative estimate of drug-likeness (QED) is 0.0273. The van der Waals surface area contributed by atoms with Crippen molar-refractivity contribution >= 4 is 122 Å². The summed E-state index contributed by atoms with van der Waals surface area (Å²) in [5, 5.41) is 23.6. The Hall–Kier alpha value is -7.96. The third-order valence-electron chi connectivity index (χ3n) is 9.78. The molecule has 4 N–H and O–H groups in total. The zero-order valence-corrected chi connectivity index (χ0v) is 52.7. The van der Waals surface area contributed by atoms with Crippen molar-refractivity contribution in [2.24, 2.45) is 5.84 Å². The number of methoxy groups -OCH3 is 1. The normalized spacial score (nSPS) is 10.0. The van der Waals surface area contributed by atoms with Crippen LogP contribution >= 0.6 is 81.2 Å². The van der Waals surface area contributed by atoms with Crippen molar-refractivity contribution in [3.8, 4) is 34.7 Å². The van der Waals surface area contributed by atoms with Crippen LogP contribution in [0, 0.1) is 41.5 Å². The summed E-state index contributed by atoms with van der Waals surface area (Å²) in [6.07, 6.45) is 5.53. The fourth-order valence-electron chi connectivity index (χ4n) is 6.10. The number of aromatic nitrogens is 16. The van der Waals surface area contributed by atoms with E-state index in [0.717, 1.165) is 24.1 Å². The third kappa shape index (κ3) is 24.7. The predicted octanol–water partition coefficient (Wildman–Crippen LogP) is 8.50. The first kappa shape index (κ1) is 73.1. The Kier molecular flexibility index (Phi) is 31.0. The van der Waals surface area contributed by atoms with Gasteiger partial charge in [-0.25, -0.2) is 69.7 Å². The molecule has 0 saturated carbocycles. The van der Waals surface area contributed by atoms with E-state index in [1.54, 1.807) is 62.4 Å². The van der Waals surface area contributed by atoms with E-state index in [1.807, 2.05) is 13.8 Å². The van der Waals surface area contributed by atoms with Gasteiger partial charge in [0.2, 0.25) is 6.10 Å². The number of hydrogen-bond donors (Lipinski definition) is 3. The highest BCUT2D eigenvalue weighted by molar-refractivity contribution is 6.41. The number of esters is 2. The number of carbonyl (C=O) groups is 6. The number of hydrogen-bond acceptors (Lipinski definition) is 25. The Bertz CT molecular complexity index is 3540. The first-order valence-corrected chi connectivity index (χ1v) is 26.5. The van der Waals surface area contributed by atoms with Crippen LogP contribution in [-0.4, -0.2) is 138 Å². The molecule has 0 unspecified atom stereocenters. The van der Waals surface area contributed by atoms with Crippen LogP contribution in [0.4, 0.5) is 5.82 Å². The summed E-state index contributed by atoms with van der Waals surface area (Å²) in [6.45, 7) is 18.3. The van der Waals surface area contributed by atoms with Gasteiger partial charge < -0.3 is 24.7 Å². The van der Waals surface area contributed by atoms with Gasteiger partial charge in [-0.15, -0.1) is 11.6 Å². The van der Waals surface area contributed by atoms with Crippen LogP contribution in [0.1, 0.15) is 75.7 Å². The fraction of sp³-hybridized carbons (Fsp3) is 0.300. The van der Waals surface area contributed by atoms with Gasteiger partial charge in [0.15, 0.2) is 57.8 Å². The highest BCUT2D eigenvalue weighted by atomic mass is 35.5. The number of rotatable bonds is 11. The minimum absolute atomic E-state index is 0.171. The summed E-state index contributed by atoms with van der Waals surface area (Å²) < 4.78 is 19.6. The van der Waals surface area contributed by atoms with Gasteiger partial charge in [0.25, 0.3) is 0 Å². The second-order valence-electron chi connectivity index (χ2n) is 16.5. The zero-order chi connectivity index (χ0) is 64.4. The SMILES string of the molecule is CC(=O)C(Cl)C(C)=O.CC(=O)OC(C(C)=O)C(C)=O.CC(=O)Oc1c(C)nn(-c2cc(Cl)ncn2)c1C.COc1c(C)nn(-c2cc(Cl)ncn2)c1C.Cc1nn(-c2cc(Cl)ncn2)c(C)c1O.Clc1cc(Cl)ncn1.NNc1cc(Cl)ncn1. The Morgan fingerprint density at radius 3 is 1.07 bits per heavy atom. The molecule has 0 atom stereocenters. The number of nitrogens with one attached hydrogen (secondary N) is 1. The van der Waals surface area contributed by atoms with E-state index in [0.29, 0.717) is 82.7 Å². The van der Waals surface area contributed by atoms with E-state index < -0.39 is 29.0 Å². The Balaban J connectivity index is 0.000000346. The van der Waals surface area contributed by atoms with Gasteiger partial charge in [-0.1, -0.05) is 69.6 Å². The van der Waals surface area contributed by atoms with E-state index in [4.69, 9.17) is 96.5 Å². The molecular weight excluding hydrogens is 1260 g/mol. The Morgan fingerprint density at radius 1 is 0.482 bits per heavy atom. The molecule has 35 heteroatoms. The maximum Gasteiger partial charge on any atom is 0.308 e. The standard InChI is InChI=1S/C11H11ClN4O2.C10H11ClN4O.C9H9ClN4O.C7H10O4.C5H7ClO2.C4H2Cl2N2.C4H5ClN4/c1-6-11(18-8(3)17)7(2)16(15-6)10-4-9(12)13-5-14-10;1-6-10(16-3)7(2)15(14-6)9-4-8(11)12-5-13-9;1-5-9(15)6(2)14(13-5)8-3-7(10)11-4-12-8;1-4(8)7(5(2)9)11-6(3)10;1-3(7)5(6)4(2)8;5-3-1-4(6)8-2-7-3;5-3-1-4(9-6)8-2-7-3/h4-5H,1-3H3;4-5H,1-3H3;3-4,15H,1-2H3;7H,1-3H3;5H,1-2H3;1-2H;1-2H,6H2,(H,7,8,9). The molecule has 0 spiro atoms. The number of alkyl halides is 1. The zero-order valence-electron chi connectivity index (χ0n) is 47.4. The second kappa shape index (κ2) is 36.0. The molecule has 0 aliphatic heterocycles. The number of nitrogen functional groups attached to an aromatic ring is 1. The van der Waals surface area contributed by atoms with E-state index in [1.165, 1.54) is 83.1 Å². The summed E-state index contributed by atoms with van der Waals surface area (Å²) in [5.41, 5.74) is 6.50. The van der Waals surface area contributed by atoms with Gasteiger partial charge in [0.05, 0.1) is 24.2 Å². The Morgan fingerprint density at radius 2 is 0.824 bits per heavy atom. The monoisotopic (exact) mass is 1310 g/mol. The molecule has 0 aromatic carbocycles. The number of carbonyl (C=O) groups excluding carboxylic acids is 6. The molecular formula is C50H55Cl7N18O10. The van der Waals surface area contributed by atoms with Gasteiger partial charge in [-0.3, -0.25) is 28.8 Å². The van der Waals surface area contributed by atoms with Gasteiger partial charge >= 0.3 is 11.9 Å². The molecule has 8 aromatic rings. The van der Waals surface area contributed by atoms with Crippen LogP contribution in [0.15, 0.2) is 62.0 Å². The van der Waals surface area contributed by atoms with Crippen molar-refractivity contribution in [3.63, 3.8) is 0 Å². The molecule has 8 heterocycles. The molecule has 85 heavy (non-hydrogen) atoms. The molecule has 0 amide bonds. The number of anilines is 1. The van der Waals surface area contributed by atoms with Gasteiger partial charge in [-0.2, -0.15) is 15.3 Å². The third-order valence-corrected chi connectivity index (χ3v) is 11.6. The van der Waals surface area contributed by atoms with Crippen molar-refractivity contribution in [2.45, 2.75) is 94.6 Å². The topological polar surface area (TPSA) is 371 Å². The van der Waals surface area contributed by atoms with Gasteiger partial charge in [-0.05, 0) is 69.2 Å². The summed E-state index contributed by atoms with van der Waals surface area (Å²) in [7, 11) is 1.62. The number of halogens is 7. The van der Waals surface area contributed by atoms with E-state index in [-0.39, 0.29) is 23.3 Å². The number of nitrogens with zero attached hydrogens (tertiary/aromatic N) is 16. The molecule has 8 aromatic heterocycles. The van der Waals surface area contributed by atoms with Crippen molar-refractivity contribution in [1.29, 1.82) is 0 Å². The molecule has 0 saturated heterocycles. The van der Waals surface area contributed by atoms with Crippen molar-refractivity contribution < 1.29 is 48.1 Å². The number of ketones is 4. The number of Topliss-reactive ketones (excluding diaryl/α,β-unsaturated/α-hetero) is 4. The van der Waals surface area contributed by atoms with Gasteiger partial charge in [0, 0.05) is 44.2 Å². The minimum Gasteiger partial charge on any atom is -0.504 e. The first-order chi connectivity index (χ1) is 39.8. The maximum atomic E-state index is 11.0. The second-order valence-corrected chi connectivity index (χ2v) is 19.2. The van der Waals surface area contributed by atoms with E-state index in [2.05, 4.69) is 75.3 Å². The molecule has 0 fully saturated rings. The molecule has 28 nitrogen and oxygen atoms in total. The van der Waals surface area contributed by atoms with Crippen LogP contribution in [0.3, 0.4) is 0 Å². The number of aromatic hydroxyl groups is 1. The fourth-order valence-corrected chi connectivity index (χ4v) is 7.02. The molecule has 454 valence electrons. The number of hydrazine groups is 1. The summed E-state index contributed by atoms with van der Waals surface area (Å²) in [4.78, 5) is 101. The summed E-state index contributed by atoms with van der Waals surface area (Å²) in [5.74, 6) is 6.09. The van der Waals surface area contributed by atoms with Crippen LogP contribution in [0.5, 0.6) is 17.2 Å². The van der Waals surface area contributed by atoms with Crippen LogP contribution in [-0.2, 0) is 33.5 Å². The largest absolute Gasteiger partial charge is 0.504 e.